The standard InChI is InChI=1S/C11H11ClN2O2S2/c1-7-6-10(17-11(7)12)18(15,16)14-9-5-3-2-4-8(9)13/h2-6,14H,13H2,1H3. The maximum Gasteiger partial charge on any atom is 0.271 e. The lowest BCUT2D eigenvalue weighted by Crippen LogP contribution is -2.12. The Bertz CT molecular complexity index is 661. The highest BCUT2D eigenvalue weighted by Crippen LogP contribution is 2.31. The smallest absolute Gasteiger partial charge is 0.271 e. The van der Waals surface area contributed by atoms with E-state index in [9.17, 15) is 8.42 Å². The fourth-order valence-electron chi connectivity index (χ4n) is 1.35. The Hall–Kier alpha value is -1.24. The van der Waals surface area contributed by atoms with Gasteiger partial charge in [0.2, 0.25) is 0 Å². The number of halogens is 1. The molecule has 0 fully saturated rings. The van der Waals surface area contributed by atoms with Crippen molar-refractivity contribution in [1.82, 2.24) is 0 Å². The molecule has 0 radical (unpaired) electrons. The van der Waals surface area contributed by atoms with Gasteiger partial charge in [-0.05, 0) is 30.7 Å². The van der Waals surface area contributed by atoms with E-state index in [2.05, 4.69) is 4.72 Å². The Morgan fingerprint density at radius 2 is 2.00 bits per heavy atom. The number of benzene rings is 1. The van der Waals surface area contributed by atoms with Crippen LogP contribution in [0, 0.1) is 6.92 Å². The highest BCUT2D eigenvalue weighted by molar-refractivity contribution is 7.94. The maximum absolute atomic E-state index is 12.1. The van der Waals surface area contributed by atoms with E-state index in [1.165, 1.54) is 6.07 Å². The summed E-state index contributed by atoms with van der Waals surface area (Å²) >= 11 is 6.89. The van der Waals surface area contributed by atoms with Crippen molar-refractivity contribution >= 4 is 44.3 Å². The van der Waals surface area contributed by atoms with Gasteiger partial charge in [-0.2, -0.15) is 0 Å². The molecule has 0 atom stereocenters. The van der Waals surface area contributed by atoms with Crippen LogP contribution < -0.4 is 10.5 Å². The minimum Gasteiger partial charge on any atom is -0.397 e. The van der Waals surface area contributed by atoms with Gasteiger partial charge in [-0.1, -0.05) is 23.7 Å². The maximum atomic E-state index is 12.1. The number of thiophene rings is 1. The molecule has 0 saturated heterocycles. The number of hydrogen-bond acceptors (Lipinski definition) is 4. The van der Waals surface area contributed by atoms with Gasteiger partial charge in [-0.3, -0.25) is 4.72 Å². The molecule has 18 heavy (non-hydrogen) atoms. The van der Waals surface area contributed by atoms with Crippen molar-refractivity contribution in [3.8, 4) is 0 Å². The molecule has 96 valence electrons. The van der Waals surface area contributed by atoms with Gasteiger partial charge in [0.25, 0.3) is 10.0 Å². The largest absolute Gasteiger partial charge is 0.397 e. The third-order valence-electron chi connectivity index (χ3n) is 2.30. The topological polar surface area (TPSA) is 72.2 Å². The molecule has 2 rings (SSSR count). The zero-order chi connectivity index (χ0) is 13.3. The third-order valence-corrected chi connectivity index (χ3v) is 5.70. The van der Waals surface area contributed by atoms with Crippen LogP contribution >= 0.6 is 22.9 Å². The molecule has 0 bridgehead atoms. The van der Waals surface area contributed by atoms with Gasteiger partial charge in [-0.15, -0.1) is 11.3 Å². The normalized spacial score (nSPS) is 11.4. The molecule has 1 aromatic heterocycles. The van der Waals surface area contributed by atoms with Crippen LogP contribution in [0.2, 0.25) is 4.34 Å². The summed E-state index contributed by atoms with van der Waals surface area (Å²) in [5, 5.41) is 0. The number of aryl methyl sites for hydroxylation is 1. The molecular formula is C11H11ClN2O2S2. The van der Waals surface area contributed by atoms with E-state index in [1.54, 1.807) is 31.2 Å². The minimum absolute atomic E-state index is 0.174. The number of nitrogens with two attached hydrogens (primary N) is 1. The van der Waals surface area contributed by atoms with Crippen LogP contribution in [-0.2, 0) is 10.0 Å². The average molecular weight is 303 g/mol. The van der Waals surface area contributed by atoms with Gasteiger partial charge < -0.3 is 5.73 Å². The van der Waals surface area contributed by atoms with Crippen LogP contribution in [0.4, 0.5) is 11.4 Å². The van der Waals surface area contributed by atoms with Crippen LogP contribution in [0.25, 0.3) is 0 Å². The van der Waals surface area contributed by atoms with Crippen LogP contribution in [0.5, 0.6) is 0 Å². The first-order chi connectivity index (χ1) is 8.40. The summed E-state index contributed by atoms with van der Waals surface area (Å²) in [5.41, 5.74) is 7.17. The molecule has 1 aromatic carbocycles. The number of nitrogens with one attached hydrogen (secondary N) is 1. The van der Waals surface area contributed by atoms with E-state index in [0.717, 1.165) is 16.9 Å². The van der Waals surface area contributed by atoms with Gasteiger partial charge in [0, 0.05) is 0 Å². The van der Waals surface area contributed by atoms with Gasteiger partial charge in [0.15, 0.2) is 0 Å². The molecule has 0 aliphatic rings. The highest BCUT2D eigenvalue weighted by atomic mass is 35.5. The molecular weight excluding hydrogens is 292 g/mol. The summed E-state index contributed by atoms with van der Waals surface area (Å²) in [4.78, 5) is 0. The Kier molecular flexibility index (Phi) is 3.52. The van der Waals surface area contributed by atoms with E-state index >= 15 is 0 Å². The summed E-state index contributed by atoms with van der Waals surface area (Å²) < 4.78 is 27.3. The Morgan fingerprint density at radius 3 is 2.56 bits per heavy atom. The summed E-state index contributed by atoms with van der Waals surface area (Å²) in [7, 11) is -3.63. The van der Waals surface area contributed by atoms with Crippen molar-refractivity contribution in [2.45, 2.75) is 11.1 Å². The average Bonchev–Trinajstić information content (AvgIpc) is 2.63. The zero-order valence-electron chi connectivity index (χ0n) is 9.48. The lowest BCUT2D eigenvalue weighted by molar-refractivity contribution is 0.603. The lowest BCUT2D eigenvalue weighted by Gasteiger charge is -2.08. The van der Waals surface area contributed by atoms with Crippen molar-refractivity contribution in [2.24, 2.45) is 0 Å². The van der Waals surface area contributed by atoms with Gasteiger partial charge in [0.05, 0.1) is 15.7 Å². The third kappa shape index (κ3) is 2.60. The predicted octanol–water partition coefficient (Wildman–Crippen LogP) is 3.09. The van der Waals surface area contributed by atoms with Crippen LogP contribution in [-0.4, -0.2) is 8.42 Å². The molecule has 0 saturated carbocycles. The van der Waals surface area contributed by atoms with E-state index in [1.807, 2.05) is 0 Å². The summed E-state index contributed by atoms with van der Waals surface area (Å²) in [6.07, 6.45) is 0. The van der Waals surface area contributed by atoms with Crippen LogP contribution in [0.15, 0.2) is 34.5 Å². The number of hydrogen-bond donors (Lipinski definition) is 2. The molecule has 0 spiro atoms. The molecule has 3 N–H and O–H groups in total. The molecule has 0 aliphatic heterocycles. The lowest BCUT2D eigenvalue weighted by atomic mass is 10.3. The van der Waals surface area contributed by atoms with Crippen LogP contribution in [0.1, 0.15) is 5.56 Å². The molecule has 0 unspecified atom stereocenters. The number of sulfonamides is 1. The number of nitrogen functional groups attached to an aromatic ring is 1. The Balaban J connectivity index is 2.36. The first-order valence-corrected chi connectivity index (χ1v) is 7.71. The number of anilines is 2. The second-order valence-electron chi connectivity index (χ2n) is 3.71. The minimum atomic E-state index is -3.63. The molecule has 2 aromatic rings. The number of rotatable bonds is 3. The molecule has 1 heterocycles. The van der Waals surface area contributed by atoms with E-state index in [-0.39, 0.29) is 4.21 Å². The highest BCUT2D eigenvalue weighted by Gasteiger charge is 2.19. The summed E-state index contributed by atoms with van der Waals surface area (Å²) in [5.74, 6) is 0. The predicted molar refractivity (Wildman–Crippen MR) is 75.7 cm³/mol. The Morgan fingerprint density at radius 1 is 1.33 bits per heavy atom. The Labute approximate surface area is 114 Å². The van der Waals surface area contributed by atoms with E-state index in [0.29, 0.717) is 15.7 Å². The second-order valence-corrected chi connectivity index (χ2v) is 7.28. The van der Waals surface area contributed by atoms with Gasteiger partial charge in [0.1, 0.15) is 4.21 Å². The van der Waals surface area contributed by atoms with E-state index in [4.69, 9.17) is 17.3 Å². The first-order valence-electron chi connectivity index (χ1n) is 5.03. The molecule has 0 amide bonds. The quantitative estimate of drug-likeness (QED) is 0.856. The molecule has 0 aliphatic carbocycles. The monoisotopic (exact) mass is 302 g/mol. The van der Waals surface area contributed by atoms with Crippen molar-refractivity contribution in [3.05, 3.63) is 40.2 Å². The fourth-order valence-corrected chi connectivity index (χ4v) is 4.14. The number of para-hydroxylation sites is 2. The summed E-state index contributed by atoms with van der Waals surface area (Å²) in [6, 6.07) is 8.22. The van der Waals surface area contributed by atoms with E-state index < -0.39 is 10.0 Å². The fraction of sp³-hybridized carbons (Fsp3) is 0.0909. The first kappa shape index (κ1) is 13.2. The molecule has 4 nitrogen and oxygen atoms in total. The SMILES string of the molecule is Cc1cc(S(=O)(=O)Nc2ccccc2N)sc1Cl. The van der Waals surface area contributed by atoms with Gasteiger partial charge >= 0.3 is 0 Å². The molecule has 7 heteroatoms. The van der Waals surface area contributed by atoms with Gasteiger partial charge in [-0.25, -0.2) is 8.42 Å². The van der Waals surface area contributed by atoms with Crippen molar-refractivity contribution in [1.29, 1.82) is 0 Å². The summed E-state index contributed by atoms with van der Waals surface area (Å²) in [6.45, 7) is 1.76. The van der Waals surface area contributed by atoms with Crippen molar-refractivity contribution < 1.29 is 8.42 Å². The zero-order valence-corrected chi connectivity index (χ0v) is 11.9. The van der Waals surface area contributed by atoms with Crippen LogP contribution in [0.3, 0.4) is 0 Å². The van der Waals surface area contributed by atoms with Crippen molar-refractivity contribution in [2.75, 3.05) is 10.5 Å². The second kappa shape index (κ2) is 4.79. The van der Waals surface area contributed by atoms with Crippen molar-refractivity contribution in [3.63, 3.8) is 0 Å².